The highest BCUT2D eigenvalue weighted by atomic mass is 16.2. The van der Waals surface area contributed by atoms with Crippen LogP contribution >= 0.6 is 0 Å². The van der Waals surface area contributed by atoms with Crippen LogP contribution in [0.3, 0.4) is 0 Å². The van der Waals surface area contributed by atoms with E-state index in [0.29, 0.717) is 5.91 Å². The van der Waals surface area contributed by atoms with Gasteiger partial charge in [0, 0.05) is 19.0 Å². The van der Waals surface area contributed by atoms with E-state index in [2.05, 4.69) is 13.8 Å². The number of likely N-dealkylation sites (tertiary alicyclic amines) is 1. The molecule has 0 saturated carbocycles. The van der Waals surface area contributed by atoms with Gasteiger partial charge in [0.2, 0.25) is 5.91 Å². The van der Waals surface area contributed by atoms with E-state index in [9.17, 15) is 4.79 Å². The summed E-state index contributed by atoms with van der Waals surface area (Å²) < 4.78 is 0. The van der Waals surface area contributed by atoms with E-state index >= 15 is 0 Å². The molecule has 1 atom stereocenters. The van der Waals surface area contributed by atoms with E-state index in [0.717, 1.165) is 19.4 Å². The van der Waals surface area contributed by atoms with Gasteiger partial charge < -0.3 is 4.90 Å². The first-order valence-electron chi connectivity index (χ1n) is 5.36. The molecule has 1 amide bonds. The molecule has 0 spiro atoms. The summed E-state index contributed by atoms with van der Waals surface area (Å²) in [6.45, 7) is 5.26. The molecular formula is C11H21NO. The highest BCUT2D eigenvalue weighted by Gasteiger charge is 2.40. The highest BCUT2D eigenvalue weighted by molar-refractivity contribution is 5.84. The second-order valence-electron chi connectivity index (χ2n) is 4.49. The Balaban J connectivity index is 2.42. The number of carbonyl (C=O) groups excluding carboxylic acids is 1. The van der Waals surface area contributed by atoms with Crippen molar-refractivity contribution in [2.75, 3.05) is 13.6 Å². The smallest absolute Gasteiger partial charge is 0.228 e. The van der Waals surface area contributed by atoms with E-state index in [1.54, 1.807) is 0 Å². The van der Waals surface area contributed by atoms with E-state index in [4.69, 9.17) is 0 Å². The molecule has 0 aliphatic carbocycles. The molecule has 1 aliphatic heterocycles. The Bertz CT molecular complexity index is 191. The minimum Gasteiger partial charge on any atom is -0.345 e. The molecule has 76 valence electrons. The van der Waals surface area contributed by atoms with Crippen LogP contribution in [0.1, 0.15) is 46.0 Å². The first kappa shape index (κ1) is 10.6. The Labute approximate surface area is 81.3 Å². The van der Waals surface area contributed by atoms with Crippen molar-refractivity contribution >= 4 is 5.91 Å². The molecule has 1 unspecified atom stereocenters. The first-order valence-corrected chi connectivity index (χ1v) is 5.36. The summed E-state index contributed by atoms with van der Waals surface area (Å²) in [6, 6.07) is 0. The van der Waals surface area contributed by atoms with Crippen LogP contribution in [-0.2, 0) is 4.79 Å². The fourth-order valence-corrected chi connectivity index (χ4v) is 2.08. The minimum absolute atomic E-state index is 0.0378. The number of carbonyl (C=O) groups is 1. The van der Waals surface area contributed by atoms with Crippen molar-refractivity contribution in [3.63, 3.8) is 0 Å². The normalized spacial score (nSPS) is 28.5. The van der Waals surface area contributed by atoms with Crippen LogP contribution in [-0.4, -0.2) is 24.4 Å². The molecule has 1 fully saturated rings. The monoisotopic (exact) mass is 183 g/mol. The molecule has 0 aromatic heterocycles. The van der Waals surface area contributed by atoms with Crippen molar-refractivity contribution in [2.24, 2.45) is 5.41 Å². The third kappa shape index (κ3) is 2.23. The van der Waals surface area contributed by atoms with E-state index in [-0.39, 0.29) is 5.41 Å². The summed E-state index contributed by atoms with van der Waals surface area (Å²) in [5, 5.41) is 0. The lowest BCUT2D eigenvalue weighted by Gasteiger charge is -2.21. The molecule has 0 radical (unpaired) electrons. The van der Waals surface area contributed by atoms with Crippen LogP contribution < -0.4 is 0 Å². The number of hydrogen-bond donors (Lipinski definition) is 0. The zero-order chi connectivity index (χ0) is 9.90. The third-order valence-corrected chi connectivity index (χ3v) is 3.19. The lowest BCUT2D eigenvalue weighted by atomic mass is 9.83. The predicted molar refractivity (Wildman–Crippen MR) is 54.5 cm³/mol. The Kier molecular flexibility index (Phi) is 3.34. The Morgan fingerprint density at radius 1 is 1.46 bits per heavy atom. The van der Waals surface area contributed by atoms with Crippen molar-refractivity contribution in [2.45, 2.75) is 46.0 Å². The molecule has 1 aliphatic rings. The Hall–Kier alpha value is -0.530. The zero-order valence-corrected chi connectivity index (χ0v) is 9.10. The molecule has 0 aromatic rings. The number of nitrogens with zero attached hydrogens (tertiary/aromatic N) is 1. The molecule has 2 nitrogen and oxygen atoms in total. The summed E-state index contributed by atoms with van der Waals surface area (Å²) in [4.78, 5) is 13.6. The Morgan fingerprint density at radius 2 is 2.15 bits per heavy atom. The van der Waals surface area contributed by atoms with Gasteiger partial charge in [0.05, 0.1) is 0 Å². The van der Waals surface area contributed by atoms with Crippen LogP contribution in [0.4, 0.5) is 0 Å². The van der Waals surface area contributed by atoms with Gasteiger partial charge in [0.15, 0.2) is 0 Å². The van der Waals surface area contributed by atoms with Crippen LogP contribution in [0.2, 0.25) is 0 Å². The number of unbranched alkanes of at least 4 members (excludes halogenated alkanes) is 2. The average molecular weight is 183 g/mol. The van der Waals surface area contributed by atoms with Crippen LogP contribution in [0.5, 0.6) is 0 Å². The molecule has 1 saturated heterocycles. The molecule has 1 heterocycles. The minimum atomic E-state index is -0.0378. The topological polar surface area (TPSA) is 20.3 Å². The second-order valence-corrected chi connectivity index (χ2v) is 4.49. The van der Waals surface area contributed by atoms with Gasteiger partial charge >= 0.3 is 0 Å². The van der Waals surface area contributed by atoms with Gasteiger partial charge in [-0.05, 0) is 12.8 Å². The molecule has 0 N–H and O–H groups in total. The van der Waals surface area contributed by atoms with Gasteiger partial charge in [-0.15, -0.1) is 0 Å². The predicted octanol–water partition coefficient (Wildman–Crippen LogP) is 2.44. The zero-order valence-electron chi connectivity index (χ0n) is 9.10. The van der Waals surface area contributed by atoms with Gasteiger partial charge in [0.1, 0.15) is 0 Å². The molecule has 2 heteroatoms. The standard InChI is InChI=1S/C11H21NO/c1-4-5-6-7-11(2)8-9-12(3)10(11)13/h4-9H2,1-3H3. The number of hydrogen-bond acceptors (Lipinski definition) is 1. The highest BCUT2D eigenvalue weighted by Crippen LogP contribution is 2.35. The molecule has 0 aromatic carbocycles. The SMILES string of the molecule is CCCCCC1(C)CCN(C)C1=O. The van der Waals surface area contributed by atoms with Crippen molar-refractivity contribution < 1.29 is 4.79 Å². The summed E-state index contributed by atoms with van der Waals surface area (Å²) in [6.07, 6.45) is 5.81. The summed E-state index contributed by atoms with van der Waals surface area (Å²) in [5.74, 6) is 0.351. The van der Waals surface area contributed by atoms with Crippen molar-refractivity contribution in [1.29, 1.82) is 0 Å². The van der Waals surface area contributed by atoms with Crippen molar-refractivity contribution in [1.82, 2.24) is 4.90 Å². The molecular weight excluding hydrogens is 162 g/mol. The lowest BCUT2D eigenvalue weighted by molar-refractivity contribution is -0.134. The van der Waals surface area contributed by atoms with E-state index in [1.807, 2.05) is 11.9 Å². The van der Waals surface area contributed by atoms with E-state index in [1.165, 1.54) is 19.3 Å². The maximum atomic E-state index is 11.7. The molecule has 13 heavy (non-hydrogen) atoms. The van der Waals surface area contributed by atoms with Crippen LogP contribution in [0.25, 0.3) is 0 Å². The first-order chi connectivity index (χ1) is 6.10. The third-order valence-electron chi connectivity index (χ3n) is 3.19. The van der Waals surface area contributed by atoms with Gasteiger partial charge in [0.25, 0.3) is 0 Å². The summed E-state index contributed by atoms with van der Waals surface area (Å²) in [7, 11) is 1.91. The number of amides is 1. The fourth-order valence-electron chi connectivity index (χ4n) is 2.08. The second kappa shape index (κ2) is 4.12. The summed E-state index contributed by atoms with van der Waals surface area (Å²) in [5.41, 5.74) is -0.0378. The largest absolute Gasteiger partial charge is 0.345 e. The fraction of sp³-hybridized carbons (Fsp3) is 0.909. The number of rotatable bonds is 4. The lowest BCUT2D eigenvalue weighted by Crippen LogP contribution is -2.29. The van der Waals surface area contributed by atoms with Gasteiger partial charge in [-0.25, -0.2) is 0 Å². The van der Waals surface area contributed by atoms with Gasteiger partial charge in [-0.3, -0.25) is 4.79 Å². The maximum absolute atomic E-state index is 11.7. The molecule has 1 rings (SSSR count). The Morgan fingerprint density at radius 3 is 2.62 bits per heavy atom. The van der Waals surface area contributed by atoms with Crippen LogP contribution in [0.15, 0.2) is 0 Å². The van der Waals surface area contributed by atoms with Crippen molar-refractivity contribution in [3.8, 4) is 0 Å². The van der Waals surface area contributed by atoms with Gasteiger partial charge in [-0.1, -0.05) is 33.1 Å². The van der Waals surface area contributed by atoms with Crippen molar-refractivity contribution in [3.05, 3.63) is 0 Å². The quantitative estimate of drug-likeness (QED) is 0.613. The van der Waals surface area contributed by atoms with Gasteiger partial charge in [-0.2, -0.15) is 0 Å². The van der Waals surface area contributed by atoms with Crippen LogP contribution in [0, 0.1) is 5.41 Å². The maximum Gasteiger partial charge on any atom is 0.228 e. The van der Waals surface area contributed by atoms with E-state index < -0.39 is 0 Å². The summed E-state index contributed by atoms with van der Waals surface area (Å²) >= 11 is 0. The molecule has 0 bridgehead atoms. The average Bonchev–Trinajstić information content (AvgIpc) is 2.35.